The van der Waals surface area contributed by atoms with E-state index < -0.39 is 0 Å². The molecule has 3 rings (SSSR count). The van der Waals surface area contributed by atoms with Crippen molar-refractivity contribution in [1.82, 2.24) is 5.32 Å². The van der Waals surface area contributed by atoms with Crippen molar-refractivity contribution in [2.45, 2.75) is 25.3 Å². The summed E-state index contributed by atoms with van der Waals surface area (Å²) in [4.78, 5) is 0. The normalized spacial score (nSPS) is 19.0. The maximum atomic E-state index is 9.36. The number of fused-ring (bicyclic) bond motifs is 1. The molecular weight excluding hydrogens is 320 g/mol. The summed E-state index contributed by atoms with van der Waals surface area (Å²) in [6, 6.07) is 5.88. The maximum Gasteiger partial charge on any atom is 0.175 e. The molecule has 1 heterocycles. The van der Waals surface area contributed by atoms with Gasteiger partial charge in [-0.05, 0) is 58.9 Å². The van der Waals surface area contributed by atoms with E-state index in [0.29, 0.717) is 13.2 Å². The number of nitriles is 1. The first-order chi connectivity index (χ1) is 9.78. The van der Waals surface area contributed by atoms with Crippen molar-refractivity contribution in [3.05, 3.63) is 22.2 Å². The Hall–Kier alpha value is -1.25. The zero-order valence-corrected chi connectivity index (χ0v) is 12.8. The molecule has 1 N–H and O–H groups in total. The van der Waals surface area contributed by atoms with Gasteiger partial charge < -0.3 is 9.47 Å². The minimum Gasteiger partial charge on any atom is -0.490 e. The Morgan fingerprint density at radius 1 is 1.35 bits per heavy atom. The smallest absolute Gasteiger partial charge is 0.175 e. The summed E-state index contributed by atoms with van der Waals surface area (Å²) in [5.74, 6) is 2.21. The molecule has 5 heteroatoms. The molecule has 0 saturated heterocycles. The summed E-state index contributed by atoms with van der Waals surface area (Å²) < 4.78 is 12.2. The predicted molar refractivity (Wildman–Crippen MR) is 78.8 cm³/mol. The molecule has 106 valence electrons. The van der Waals surface area contributed by atoms with Crippen LogP contribution in [-0.4, -0.2) is 19.8 Å². The van der Waals surface area contributed by atoms with Crippen molar-refractivity contribution in [2.24, 2.45) is 5.92 Å². The molecule has 1 aliphatic heterocycles. The summed E-state index contributed by atoms with van der Waals surface area (Å²) in [6.07, 6.45) is 3.42. The van der Waals surface area contributed by atoms with Gasteiger partial charge in [-0.3, -0.25) is 5.32 Å². The number of nitrogens with zero attached hydrogens (tertiary/aromatic N) is 1. The number of benzene rings is 1. The van der Waals surface area contributed by atoms with E-state index in [1.54, 1.807) is 0 Å². The van der Waals surface area contributed by atoms with Crippen LogP contribution in [0.1, 0.15) is 30.9 Å². The van der Waals surface area contributed by atoms with Crippen LogP contribution in [0.15, 0.2) is 16.6 Å². The molecule has 1 fully saturated rings. The van der Waals surface area contributed by atoms with Gasteiger partial charge in [0.05, 0.1) is 23.8 Å². The van der Waals surface area contributed by atoms with Crippen molar-refractivity contribution in [2.75, 3.05) is 19.8 Å². The molecule has 0 amide bonds. The second kappa shape index (κ2) is 6.02. The Bertz CT molecular complexity index is 537. The van der Waals surface area contributed by atoms with Gasteiger partial charge in [0, 0.05) is 6.42 Å². The minimum absolute atomic E-state index is 0.302. The molecule has 0 spiro atoms. The van der Waals surface area contributed by atoms with Crippen LogP contribution in [0, 0.1) is 17.2 Å². The van der Waals surface area contributed by atoms with Crippen molar-refractivity contribution in [3.63, 3.8) is 0 Å². The Morgan fingerprint density at radius 3 is 2.90 bits per heavy atom. The van der Waals surface area contributed by atoms with Gasteiger partial charge in [0.25, 0.3) is 0 Å². The fourth-order valence-corrected chi connectivity index (χ4v) is 2.84. The summed E-state index contributed by atoms with van der Waals surface area (Å²) in [6.45, 7) is 2.21. The molecule has 1 aromatic rings. The number of hydrogen-bond donors (Lipinski definition) is 1. The third-order valence-electron chi connectivity index (χ3n) is 3.59. The molecule has 20 heavy (non-hydrogen) atoms. The highest BCUT2D eigenvalue weighted by Gasteiger charge is 2.24. The van der Waals surface area contributed by atoms with Crippen LogP contribution in [0.2, 0.25) is 0 Å². The second-order valence-corrected chi connectivity index (χ2v) is 6.15. The van der Waals surface area contributed by atoms with Crippen molar-refractivity contribution in [1.29, 1.82) is 5.26 Å². The summed E-state index contributed by atoms with van der Waals surface area (Å²) >= 11 is 3.52. The first kappa shape index (κ1) is 13.7. The lowest BCUT2D eigenvalue weighted by molar-refractivity contribution is 0.296. The minimum atomic E-state index is -0.302. The van der Waals surface area contributed by atoms with Crippen LogP contribution < -0.4 is 14.8 Å². The number of halogens is 1. The molecule has 1 aromatic carbocycles. The lowest BCUT2D eigenvalue weighted by atomic mass is 10.1. The number of rotatable bonds is 4. The molecule has 0 bridgehead atoms. The van der Waals surface area contributed by atoms with E-state index >= 15 is 0 Å². The van der Waals surface area contributed by atoms with Crippen LogP contribution in [0.4, 0.5) is 0 Å². The largest absolute Gasteiger partial charge is 0.490 e. The predicted octanol–water partition coefficient (Wildman–Crippen LogP) is 3.17. The lowest BCUT2D eigenvalue weighted by Gasteiger charge is -2.16. The quantitative estimate of drug-likeness (QED) is 0.917. The fraction of sp³-hybridized carbons (Fsp3) is 0.533. The van der Waals surface area contributed by atoms with Gasteiger partial charge in [0.2, 0.25) is 0 Å². The van der Waals surface area contributed by atoms with E-state index in [0.717, 1.165) is 40.4 Å². The van der Waals surface area contributed by atoms with E-state index in [4.69, 9.17) is 9.47 Å². The molecule has 1 aliphatic carbocycles. The summed E-state index contributed by atoms with van der Waals surface area (Å²) in [5.41, 5.74) is 0.921. The van der Waals surface area contributed by atoms with E-state index in [2.05, 4.69) is 27.3 Å². The fourth-order valence-electron chi connectivity index (χ4n) is 2.26. The van der Waals surface area contributed by atoms with E-state index in [1.807, 2.05) is 12.1 Å². The van der Waals surface area contributed by atoms with Crippen LogP contribution >= 0.6 is 15.9 Å². The second-order valence-electron chi connectivity index (χ2n) is 5.29. The molecular formula is C15H17BrN2O2. The van der Waals surface area contributed by atoms with E-state index in [9.17, 15) is 5.26 Å². The number of ether oxygens (including phenoxy) is 2. The highest BCUT2D eigenvalue weighted by atomic mass is 79.9. The van der Waals surface area contributed by atoms with Gasteiger partial charge in [-0.15, -0.1) is 0 Å². The average Bonchev–Trinajstić information content (AvgIpc) is 3.25. The number of nitrogens with one attached hydrogen (secondary N) is 1. The topological polar surface area (TPSA) is 54.3 Å². The first-order valence-corrected chi connectivity index (χ1v) is 7.79. The average molecular weight is 337 g/mol. The van der Waals surface area contributed by atoms with Gasteiger partial charge in [0.15, 0.2) is 11.5 Å². The van der Waals surface area contributed by atoms with Crippen LogP contribution in [-0.2, 0) is 0 Å². The van der Waals surface area contributed by atoms with Gasteiger partial charge in [-0.1, -0.05) is 0 Å². The summed E-state index contributed by atoms with van der Waals surface area (Å²) in [5, 5.41) is 12.7. The van der Waals surface area contributed by atoms with Gasteiger partial charge in [-0.25, -0.2) is 0 Å². The standard InChI is InChI=1S/C15H17BrN2O2/c16-12-6-11(13(8-17)18-9-10-2-3-10)7-14-15(12)20-5-1-4-19-14/h6-7,10,13,18H,1-5,9H2. The van der Waals surface area contributed by atoms with Gasteiger partial charge in [0.1, 0.15) is 6.04 Å². The van der Waals surface area contributed by atoms with E-state index in [-0.39, 0.29) is 6.04 Å². The third kappa shape index (κ3) is 3.08. The monoisotopic (exact) mass is 336 g/mol. The van der Waals surface area contributed by atoms with E-state index in [1.165, 1.54) is 12.8 Å². The molecule has 0 aromatic heterocycles. The molecule has 2 aliphatic rings. The Morgan fingerprint density at radius 2 is 2.15 bits per heavy atom. The molecule has 1 unspecified atom stereocenters. The zero-order valence-electron chi connectivity index (χ0n) is 11.2. The molecule has 0 radical (unpaired) electrons. The lowest BCUT2D eigenvalue weighted by Crippen LogP contribution is -2.22. The Kier molecular flexibility index (Phi) is 4.13. The molecule has 1 saturated carbocycles. The maximum absolute atomic E-state index is 9.36. The van der Waals surface area contributed by atoms with Crippen LogP contribution in [0.3, 0.4) is 0 Å². The van der Waals surface area contributed by atoms with Crippen LogP contribution in [0.5, 0.6) is 11.5 Å². The molecule has 1 atom stereocenters. The van der Waals surface area contributed by atoms with Gasteiger partial charge in [-0.2, -0.15) is 5.26 Å². The zero-order chi connectivity index (χ0) is 13.9. The van der Waals surface area contributed by atoms with Crippen molar-refractivity contribution in [3.8, 4) is 17.6 Å². The Labute approximate surface area is 127 Å². The van der Waals surface area contributed by atoms with Gasteiger partial charge >= 0.3 is 0 Å². The van der Waals surface area contributed by atoms with Crippen LogP contribution in [0.25, 0.3) is 0 Å². The summed E-state index contributed by atoms with van der Waals surface area (Å²) in [7, 11) is 0. The Balaban J connectivity index is 1.82. The van der Waals surface area contributed by atoms with Crippen molar-refractivity contribution < 1.29 is 9.47 Å². The third-order valence-corrected chi connectivity index (χ3v) is 4.18. The van der Waals surface area contributed by atoms with Crippen molar-refractivity contribution >= 4 is 15.9 Å². The highest BCUT2D eigenvalue weighted by Crippen LogP contribution is 2.39. The molecule has 4 nitrogen and oxygen atoms in total. The number of hydrogen-bond acceptors (Lipinski definition) is 4. The first-order valence-electron chi connectivity index (χ1n) is 7.00. The SMILES string of the molecule is N#CC(NCC1CC1)c1cc(Br)c2c(c1)OCCCO2. The highest BCUT2D eigenvalue weighted by molar-refractivity contribution is 9.10.